The van der Waals surface area contributed by atoms with Crippen molar-refractivity contribution >= 4 is 27.3 Å². The predicted octanol–water partition coefficient (Wildman–Crippen LogP) is 6.78. The number of rotatable bonds is 3. The van der Waals surface area contributed by atoms with Crippen LogP contribution in [0.25, 0.3) is 11.1 Å². The largest absolute Gasteiger partial charge is 0.355 e. The number of para-hydroxylation sites is 1. The summed E-state index contributed by atoms with van der Waals surface area (Å²) < 4.78 is 1.10. The number of hydrogen-bond acceptors (Lipinski definition) is 1. The Morgan fingerprint density at radius 3 is 1.96 bits per heavy atom. The molecule has 0 saturated heterocycles. The minimum absolute atomic E-state index is 1.10. The fourth-order valence-corrected chi connectivity index (χ4v) is 3.52. The van der Waals surface area contributed by atoms with Crippen molar-refractivity contribution in [1.29, 1.82) is 0 Å². The SMILES string of the molecule is Cc1cc(C)c(Nc2ccccc2-c2ccccc2Br)c(C)c1. The first-order chi connectivity index (χ1) is 11.1. The summed E-state index contributed by atoms with van der Waals surface area (Å²) in [5.41, 5.74) is 8.53. The maximum absolute atomic E-state index is 3.66. The predicted molar refractivity (Wildman–Crippen MR) is 104 cm³/mol. The lowest BCUT2D eigenvalue weighted by Gasteiger charge is -2.17. The molecule has 0 aromatic heterocycles. The average molecular weight is 366 g/mol. The highest BCUT2D eigenvalue weighted by molar-refractivity contribution is 9.10. The van der Waals surface area contributed by atoms with Gasteiger partial charge in [-0.05, 0) is 49.6 Å². The number of aryl methyl sites for hydroxylation is 3. The molecule has 3 rings (SSSR count). The Morgan fingerprint density at radius 2 is 1.30 bits per heavy atom. The van der Waals surface area contributed by atoms with E-state index in [1.807, 2.05) is 6.07 Å². The van der Waals surface area contributed by atoms with Gasteiger partial charge in [-0.1, -0.05) is 70.0 Å². The Hall–Kier alpha value is -2.06. The van der Waals surface area contributed by atoms with E-state index < -0.39 is 0 Å². The zero-order valence-corrected chi connectivity index (χ0v) is 15.2. The van der Waals surface area contributed by atoms with Gasteiger partial charge in [-0.3, -0.25) is 0 Å². The van der Waals surface area contributed by atoms with Crippen LogP contribution in [0.1, 0.15) is 16.7 Å². The average Bonchev–Trinajstić information content (AvgIpc) is 2.52. The second-order valence-electron chi connectivity index (χ2n) is 5.92. The first-order valence-corrected chi connectivity index (χ1v) is 8.54. The molecule has 0 aliphatic carbocycles. The molecule has 0 radical (unpaired) electrons. The van der Waals surface area contributed by atoms with Gasteiger partial charge in [0.15, 0.2) is 0 Å². The molecular weight excluding hydrogens is 346 g/mol. The molecule has 3 aromatic carbocycles. The van der Waals surface area contributed by atoms with Crippen LogP contribution in [0.2, 0.25) is 0 Å². The van der Waals surface area contributed by atoms with Crippen molar-refractivity contribution in [2.75, 3.05) is 5.32 Å². The van der Waals surface area contributed by atoms with Crippen LogP contribution in [0.3, 0.4) is 0 Å². The van der Waals surface area contributed by atoms with Gasteiger partial charge in [0.05, 0.1) is 0 Å². The second-order valence-corrected chi connectivity index (χ2v) is 6.78. The van der Waals surface area contributed by atoms with E-state index in [1.54, 1.807) is 0 Å². The van der Waals surface area contributed by atoms with Crippen LogP contribution in [0.15, 0.2) is 65.1 Å². The number of anilines is 2. The third-order valence-corrected chi connectivity index (χ3v) is 4.72. The minimum atomic E-state index is 1.10. The molecule has 116 valence electrons. The molecule has 0 aliphatic rings. The molecule has 0 amide bonds. The van der Waals surface area contributed by atoms with Crippen molar-refractivity contribution in [3.63, 3.8) is 0 Å². The minimum Gasteiger partial charge on any atom is -0.355 e. The van der Waals surface area contributed by atoms with Gasteiger partial charge in [-0.15, -0.1) is 0 Å². The Balaban J connectivity index is 2.08. The summed E-state index contributed by atoms with van der Waals surface area (Å²) in [7, 11) is 0. The maximum Gasteiger partial charge on any atom is 0.0464 e. The van der Waals surface area contributed by atoms with Crippen molar-refractivity contribution in [1.82, 2.24) is 0 Å². The van der Waals surface area contributed by atoms with E-state index in [9.17, 15) is 0 Å². The van der Waals surface area contributed by atoms with Crippen LogP contribution >= 0.6 is 15.9 Å². The zero-order chi connectivity index (χ0) is 16.4. The number of halogens is 1. The van der Waals surface area contributed by atoms with Crippen molar-refractivity contribution < 1.29 is 0 Å². The van der Waals surface area contributed by atoms with Gasteiger partial charge in [0.1, 0.15) is 0 Å². The molecule has 2 heteroatoms. The maximum atomic E-state index is 3.66. The van der Waals surface area contributed by atoms with E-state index in [-0.39, 0.29) is 0 Å². The molecule has 3 aromatic rings. The molecule has 23 heavy (non-hydrogen) atoms. The summed E-state index contributed by atoms with van der Waals surface area (Å²) in [6, 6.07) is 21.2. The Morgan fingerprint density at radius 1 is 0.739 bits per heavy atom. The van der Waals surface area contributed by atoms with E-state index in [1.165, 1.54) is 33.5 Å². The van der Waals surface area contributed by atoms with Crippen LogP contribution < -0.4 is 5.32 Å². The topological polar surface area (TPSA) is 12.0 Å². The molecular formula is C21H20BrN. The summed E-state index contributed by atoms with van der Waals surface area (Å²) in [6.07, 6.45) is 0. The van der Waals surface area contributed by atoms with Gasteiger partial charge >= 0.3 is 0 Å². The van der Waals surface area contributed by atoms with Gasteiger partial charge in [-0.25, -0.2) is 0 Å². The molecule has 0 spiro atoms. The highest BCUT2D eigenvalue weighted by atomic mass is 79.9. The second kappa shape index (κ2) is 6.59. The fraction of sp³-hybridized carbons (Fsp3) is 0.143. The lowest BCUT2D eigenvalue weighted by Crippen LogP contribution is -1.99. The molecule has 0 aliphatic heterocycles. The van der Waals surface area contributed by atoms with Crippen LogP contribution in [-0.2, 0) is 0 Å². The number of benzene rings is 3. The molecule has 0 heterocycles. The van der Waals surface area contributed by atoms with Crippen LogP contribution in [0.4, 0.5) is 11.4 Å². The normalized spacial score (nSPS) is 10.6. The molecule has 0 bridgehead atoms. The number of hydrogen-bond donors (Lipinski definition) is 1. The van der Waals surface area contributed by atoms with Crippen LogP contribution in [0.5, 0.6) is 0 Å². The van der Waals surface area contributed by atoms with Crippen molar-refractivity contribution in [3.8, 4) is 11.1 Å². The van der Waals surface area contributed by atoms with Gasteiger partial charge < -0.3 is 5.32 Å². The van der Waals surface area contributed by atoms with E-state index in [0.717, 1.165) is 10.2 Å². The summed E-state index contributed by atoms with van der Waals surface area (Å²) in [6.45, 7) is 6.45. The molecule has 0 unspecified atom stereocenters. The Labute approximate surface area is 146 Å². The molecule has 1 N–H and O–H groups in total. The van der Waals surface area contributed by atoms with E-state index in [2.05, 4.69) is 96.6 Å². The summed E-state index contributed by atoms with van der Waals surface area (Å²) in [4.78, 5) is 0. The summed E-state index contributed by atoms with van der Waals surface area (Å²) >= 11 is 3.66. The van der Waals surface area contributed by atoms with Crippen LogP contribution in [-0.4, -0.2) is 0 Å². The lowest BCUT2D eigenvalue weighted by atomic mass is 10.0. The van der Waals surface area contributed by atoms with E-state index >= 15 is 0 Å². The van der Waals surface area contributed by atoms with E-state index in [4.69, 9.17) is 0 Å². The van der Waals surface area contributed by atoms with Crippen LogP contribution in [0, 0.1) is 20.8 Å². The first-order valence-electron chi connectivity index (χ1n) is 7.75. The third kappa shape index (κ3) is 3.32. The monoisotopic (exact) mass is 365 g/mol. The Kier molecular flexibility index (Phi) is 4.53. The van der Waals surface area contributed by atoms with E-state index in [0.29, 0.717) is 0 Å². The van der Waals surface area contributed by atoms with Gasteiger partial charge in [0.2, 0.25) is 0 Å². The Bertz CT molecular complexity index is 829. The molecule has 0 fully saturated rings. The standard InChI is InChI=1S/C21H20BrN/c1-14-12-15(2)21(16(3)13-14)23-20-11-7-5-9-18(20)17-8-4-6-10-19(17)22/h4-13,23H,1-3H3. The van der Waals surface area contributed by atoms with Gasteiger partial charge in [0.25, 0.3) is 0 Å². The van der Waals surface area contributed by atoms with Crippen molar-refractivity contribution in [3.05, 3.63) is 81.8 Å². The van der Waals surface area contributed by atoms with Crippen molar-refractivity contribution in [2.24, 2.45) is 0 Å². The highest BCUT2D eigenvalue weighted by Gasteiger charge is 2.10. The van der Waals surface area contributed by atoms with Crippen molar-refractivity contribution in [2.45, 2.75) is 20.8 Å². The quantitative estimate of drug-likeness (QED) is 0.538. The third-order valence-electron chi connectivity index (χ3n) is 4.03. The zero-order valence-electron chi connectivity index (χ0n) is 13.7. The first kappa shape index (κ1) is 15.8. The lowest BCUT2D eigenvalue weighted by molar-refractivity contribution is 1.31. The fourth-order valence-electron chi connectivity index (χ4n) is 3.02. The molecule has 1 nitrogen and oxygen atoms in total. The molecule has 0 saturated carbocycles. The number of nitrogens with one attached hydrogen (secondary N) is 1. The summed E-state index contributed by atoms with van der Waals surface area (Å²) in [5.74, 6) is 0. The van der Waals surface area contributed by atoms with Gasteiger partial charge in [0, 0.05) is 21.4 Å². The summed E-state index contributed by atoms with van der Waals surface area (Å²) in [5, 5.41) is 3.64. The molecule has 0 atom stereocenters. The highest BCUT2D eigenvalue weighted by Crippen LogP contribution is 2.36. The smallest absolute Gasteiger partial charge is 0.0464 e. The van der Waals surface area contributed by atoms with Gasteiger partial charge in [-0.2, -0.15) is 0 Å².